The maximum absolute atomic E-state index is 3.00. The molecule has 0 saturated carbocycles. The van der Waals surface area contributed by atoms with Gasteiger partial charge in [-0.25, -0.2) is 0 Å². The highest BCUT2D eigenvalue weighted by Crippen LogP contribution is 2.42. The SMILES string of the molecule is Cc1cc(PP)c(-c2c(P(c3ccccc3)c3ccccc3)cc(C)c(C)c2C)c(C)c1C. The van der Waals surface area contributed by atoms with E-state index in [0.717, 1.165) is 0 Å². The van der Waals surface area contributed by atoms with Crippen LogP contribution < -0.4 is 21.2 Å². The Bertz CT molecular complexity index is 1250. The maximum atomic E-state index is 3.00. The summed E-state index contributed by atoms with van der Waals surface area (Å²) >= 11 is 0. The first kappa shape index (κ1) is 24.3. The van der Waals surface area contributed by atoms with E-state index in [2.05, 4.69) is 123 Å². The number of hydrogen-bond acceptors (Lipinski definition) is 0. The van der Waals surface area contributed by atoms with Crippen molar-refractivity contribution >= 4 is 46.3 Å². The van der Waals surface area contributed by atoms with Crippen molar-refractivity contribution in [2.24, 2.45) is 0 Å². The van der Waals surface area contributed by atoms with Gasteiger partial charge < -0.3 is 0 Å². The second kappa shape index (κ2) is 10.2. The standard InChI is InChI=1S/C30H33P3/c1-19-17-27(32-31)29(23(5)21(19)3)30-24(6)22(4)20(2)18-28(30)33(25-13-9-7-10-14-25)26-15-11-8-12-16-26/h7-18,32H,31H2,1-6H3. The molecule has 0 bridgehead atoms. The summed E-state index contributed by atoms with van der Waals surface area (Å²) in [6.45, 7) is 13.7. The van der Waals surface area contributed by atoms with Gasteiger partial charge in [-0.15, -0.1) is 8.93 Å². The van der Waals surface area contributed by atoms with E-state index in [1.54, 1.807) is 0 Å². The van der Waals surface area contributed by atoms with Gasteiger partial charge in [0, 0.05) is 0 Å². The molecule has 4 rings (SSSR count). The van der Waals surface area contributed by atoms with Crippen LogP contribution in [0.25, 0.3) is 11.1 Å². The fraction of sp³-hybridized carbons (Fsp3) is 0.200. The molecule has 3 heteroatoms. The summed E-state index contributed by atoms with van der Waals surface area (Å²) < 4.78 is 0. The number of aryl methyl sites for hydroxylation is 2. The van der Waals surface area contributed by atoms with Crippen molar-refractivity contribution in [3.05, 3.63) is 106 Å². The zero-order valence-electron chi connectivity index (χ0n) is 20.5. The molecule has 0 aliphatic heterocycles. The van der Waals surface area contributed by atoms with Gasteiger partial charge in [0.05, 0.1) is 0 Å². The van der Waals surface area contributed by atoms with Crippen molar-refractivity contribution in [3.63, 3.8) is 0 Å². The Morgan fingerprint density at radius 2 is 1.03 bits per heavy atom. The quantitative estimate of drug-likeness (QED) is 0.265. The lowest BCUT2D eigenvalue weighted by atomic mass is 9.89. The predicted octanol–water partition coefficient (Wildman–Crippen LogP) is 7.06. The second-order valence-electron chi connectivity index (χ2n) is 8.85. The molecule has 0 aromatic heterocycles. The van der Waals surface area contributed by atoms with Crippen LogP contribution in [0.1, 0.15) is 33.4 Å². The molecule has 0 saturated heterocycles. The van der Waals surface area contributed by atoms with Gasteiger partial charge in [0.1, 0.15) is 0 Å². The first-order valence-electron chi connectivity index (χ1n) is 11.4. The minimum atomic E-state index is -0.686. The highest BCUT2D eigenvalue weighted by atomic mass is 32.0. The zero-order chi connectivity index (χ0) is 23.7. The van der Waals surface area contributed by atoms with E-state index in [4.69, 9.17) is 0 Å². The molecule has 0 nitrogen and oxygen atoms in total. The minimum Gasteiger partial charge on any atom is -0.110 e. The van der Waals surface area contributed by atoms with Crippen LogP contribution in [-0.4, -0.2) is 0 Å². The smallest absolute Gasteiger partial charge is 0.00590 e. The normalized spacial score (nSPS) is 11.6. The summed E-state index contributed by atoms with van der Waals surface area (Å²) in [7, 11) is 2.99. The van der Waals surface area contributed by atoms with Crippen molar-refractivity contribution in [2.45, 2.75) is 41.5 Å². The molecule has 0 aliphatic rings. The van der Waals surface area contributed by atoms with E-state index in [9.17, 15) is 0 Å². The van der Waals surface area contributed by atoms with Crippen molar-refractivity contribution in [2.75, 3.05) is 0 Å². The fourth-order valence-electron chi connectivity index (χ4n) is 4.65. The molecule has 0 aliphatic carbocycles. The molecule has 0 radical (unpaired) electrons. The van der Waals surface area contributed by atoms with Gasteiger partial charge >= 0.3 is 0 Å². The highest BCUT2D eigenvalue weighted by Gasteiger charge is 2.25. The summed E-state index contributed by atoms with van der Waals surface area (Å²) in [5, 5.41) is 5.72. The third-order valence-electron chi connectivity index (χ3n) is 6.97. The molecule has 2 atom stereocenters. The first-order valence-corrected chi connectivity index (χ1v) is 15.6. The Labute approximate surface area is 204 Å². The summed E-state index contributed by atoms with van der Waals surface area (Å²) in [6, 6.07) is 27.1. The molecule has 168 valence electrons. The van der Waals surface area contributed by atoms with Gasteiger partial charge in [0.15, 0.2) is 0 Å². The third-order valence-corrected chi connectivity index (χ3v) is 11.1. The molecule has 0 fully saturated rings. The summed E-state index contributed by atoms with van der Waals surface area (Å²) in [5.74, 6) is 0. The monoisotopic (exact) mass is 486 g/mol. The molecule has 0 amide bonds. The fourth-order valence-corrected chi connectivity index (χ4v) is 8.71. The van der Waals surface area contributed by atoms with Crippen LogP contribution in [0.5, 0.6) is 0 Å². The Kier molecular flexibility index (Phi) is 7.51. The van der Waals surface area contributed by atoms with Gasteiger partial charge in [-0.2, -0.15) is 0 Å². The lowest BCUT2D eigenvalue weighted by molar-refractivity contribution is 1.25. The largest absolute Gasteiger partial charge is 0.110 e. The molecule has 4 aromatic rings. The van der Waals surface area contributed by atoms with Crippen LogP contribution in [0, 0.1) is 41.5 Å². The summed E-state index contributed by atoms with van der Waals surface area (Å²) in [4.78, 5) is 0. The average molecular weight is 487 g/mol. The van der Waals surface area contributed by atoms with E-state index >= 15 is 0 Å². The van der Waals surface area contributed by atoms with E-state index in [1.807, 2.05) is 0 Å². The van der Waals surface area contributed by atoms with E-state index in [1.165, 1.54) is 65.7 Å². The van der Waals surface area contributed by atoms with E-state index in [0.29, 0.717) is 8.27 Å². The summed E-state index contributed by atoms with van der Waals surface area (Å²) in [6.07, 6.45) is 0. The van der Waals surface area contributed by atoms with Crippen molar-refractivity contribution in [1.82, 2.24) is 0 Å². The number of benzene rings is 4. The topological polar surface area (TPSA) is 0 Å². The Morgan fingerprint density at radius 1 is 0.576 bits per heavy atom. The van der Waals surface area contributed by atoms with Gasteiger partial charge in [0.2, 0.25) is 0 Å². The lowest BCUT2D eigenvalue weighted by Gasteiger charge is -2.28. The van der Waals surface area contributed by atoms with Crippen LogP contribution in [-0.2, 0) is 0 Å². The molecule has 2 unspecified atom stereocenters. The highest BCUT2D eigenvalue weighted by molar-refractivity contribution is 8.07. The molecule has 4 aromatic carbocycles. The number of rotatable bonds is 5. The molecular weight excluding hydrogens is 453 g/mol. The lowest BCUT2D eigenvalue weighted by Crippen LogP contribution is -2.25. The van der Waals surface area contributed by atoms with Gasteiger partial charge in [-0.3, -0.25) is 0 Å². The Balaban J connectivity index is 2.14. The second-order valence-corrected chi connectivity index (χ2v) is 12.7. The van der Waals surface area contributed by atoms with Gasteiger partial charge in [0.25, 0.3) is 0 Å². The molecule has 0 N–H and O–H groups in total. The molecular formula is C30H33P3. The average Bonchev–Trinajstić information content (AvgIpc) is 2.83. The van der Waals surface area contributed by atoms with Crippen molar-refractivity contribution in [1.29, 1.82) is 0 Å². The van der Waals surface area contributed by atoms with Crippen LogP contribution in [0.3, 0.4) is 0 Å². The van der Waals surface area contributed by atoms with Crippen LogP contribution in [0.4, 0.5) is 0 Å². The van der Waals surface area contributed by atoms with E-state index in [-0.39, 0.29) is 0 Å². The zero-order valence-corrected chi connectivity index (χ0v) is 23.5. The Hall–Kier alpha value is -1.83. The Morgan fingerprint density at radius 3 is 1.52 bits per heavy atom. The van der Waals surface area contributed by atoms with Crippen LogP contribution >= 0.6 is 25.1 Å². The summed E-state index contributed by atoms with van der Waals surface area (Å²) in [5.41, 5.74) is 11.3. The molecule has 33 heavy (non-hydrogen) atoms. The first-order chi connectivity index (χ1) is 15.8. The van der Waals surface area contributed by atoms with Gasteiger partial charge in [-0.1, -0.05) is 81.1 Å². The minimum absolute atomic E-state index is 0.681. The maximum Gasteiger partial charge on any atom is -0.00590 e. The molecule has 0 heterocycles. The van der Waals surface area contributed by atoms with Crippen molar-refractivity contribution < 1.29 is 0 Å². The van der Waals surface area contributed by atoms with Crippen molar-refractivity contribution in [3.8, 4) is 11.1 Å². The van der Waals surface area contributed by atoms with Gasteiger partial charge in [-0.05, 0) is 115 Å². The predicted molar refractivity (Wildman–Crippen MR) is 157 cm³/mol. The van der Waals surface area contributed by atoms with E-state index < -0.39 is 7.92 Å². The van der Waals surface area contributed by atoms with Crippen LogP contribution in [0.2, 0.25) is 0 Å². The van der Waals surface area contributed by atoms with Crippen LogP contribution in [0.15, 0.2) is 72.8 Å². The third kappa shape index (κ3) is 4.60. The number of hydrogen-bond donors (Lipinski definition) is 0. The molecule has 0 spiro atoms.